The van der Waals surface area contributed by atoms with Gasteiger partial charge in [-0.15, -0.1) is 6.58 Å². The lowest BCUT2D eigenvalue weighted by Gasteiger charge is -2.43. The Kier molecular flexibility index (Phi) is 8.64. The fourth-order valence-corrected chi connectivity index (χ4v) is 4.09. The SMILES string of the molecule is C=C[C@H]1[C@H](O[C@H]2O[C@@H](CO)[C@H](O)[C@@H](O)[C@@H]2O)OC=C(C(=O)OC)[C@H]1C[C@@H]1OCC[C@H](C)O1. The highest BCUT2D eigenvalue weighted by molar-refractivity contribution is 5.88. The van der Waals surface area contributed by atoms with Crippen molar-refractivity contribution in [2.24, 2.45) is 11.8 Å². The maximum absolute atomic E-state index is 12.4. The summed E-state index contributed by atoms with van der Waals surface area (Å²) in [5, 5.41) is 39.7. The molecule has 3 rings (SSSR count). The van der Waals surface area contributed by atoms with E-state index >= 15 is 0 Å². The van der Waals surface area contributed by atoms with Gasteiger partial charge < -0.3 is 48.8 Å². The Morgan fingerprint density at radius 3 is 2.59 bits per heavy atom. The van der Waals surface area contributed by atoms with Crippen LogP contribution in [0.2, 0.25) is 0 Å². The smallest absolute Gasteiger partial charge is 0.337 e. The van der Waals surface area contributed by atoms with Crippen LogP contribution in [0.3, 0.4) is 0 Å². The average molecular weight is 460 g/mol. The van der Waals surface area contributed by atoms with Crippen molar-refractivity contribution in [2.45, 2.75) is 69.2 Å². The number of aliphatic hydroxyl groups excluding tert-OH is 4. The molecule has 3 heterocycles. The number of aliphatic hydroxyl groups is 4. The van der Waals surface area contributed by atoms with Crippen molar-refractivity contribution in [3.05, 3.63) is 24.5 Å². The molecular formula is C21H32O11. The predicted molar refractivity (Wildman–Crippen MR) is 107 cm³/mol. The average Bonchev–Trinajstić information content (AvgIpc) is 2.79. The molecule has 0 unspecified atom stereocenters. The summed E-state index contributed by atoms with van der Waals surface area (Å²) < 4.78 is 33.2. The van der Waals surface area contributed by atoms with Gasteiger partial charge in [0.05, 0.1) is 38.3 Å². The van der Waals surface area contributed by atoms with Gasteiger partial charge in [-0.25, -0.2) is 4.79 Å². The topological polar surface area (TPSA) is 153 Å². The molecule has 3 aliphatic heterocycles. The summed E-state index contributed by atoms with van der Waals surface area (Å²) in [7, 11) is 1.26. The molecular weight excluding hydrogens is 428 g/mol. The first-order chi connectivity index (χ1) is 15.3. The van der Waals surface area contributed by atoms with Crippen LogP contribution < -0.4 is 0 Å². The van der Waals surface area contributed by atoms with E-state index < -0.39 is 67.7 Å². The van der Waals surface area contributed by atoms with Crippen molar-refractivity contribution in [2.75, 3.05) is 20.3 Å². The molecule has 0 spiro atoms. The second-order valence-corrected chi connectivity index (χ2v) is 8.09. The van der Waals surface area contributed by atoms with Gasteiger partial charge in [0.25, 0.3) is 0 Å². The zero-order valence-corrected chi connectivity index (χ0v) is 18.1. The lowest BCUT2D eigenvalue weighted by Crippen LogP contribution is -2.60. The lowest BCUT2D eigenvalue weighted by atomic mass is 9.81. The van der Waals surface area contributed by atoms with Gasteiger partial charge in [-0.2, -0.15) is 0 Å². The summed E-state index contributed by atoms with van der Waals surface area (Å²) in [6.45, 7) is 5.70. The third-order valence-electron chi connectivity index (χ3n) is 5.98. The van der Waals surface area contributed by atoms with Gasteiger partial charge in [0, 0.05) is 18.3 Å². The molecule has 32 heavy (non-hydrogen) atoms. The largest absolute Gasteiger partial charge is 0.471 e. The van der Waals surface area contributed by atoms with Crippen molar-refractivity contribution in [1.82, 2.24) is 0 Å². The molecule has 182 valence electrons. The van der Waals surface area contributed by atoms with E-state index in [0.717, 1.165) is 6.42 Å². The summed E-state index contributed by atoms with van der Waals surface area (Å²) in [6.07, 6.45) is -5.06. The molecule has 0 aromatic carbocycles. The van der Waals surface area contributed by atoms with Crippen LogP contribution in [0.1, 0.15) is 19.8 Å². The Bertz CT molecular complexity index is 681. The van der Waals surface area contributed by atoms with E-state index in [1.165, 1.54) is 13.4 Å². The first-order valence-corrected chi connectivity index (χ1v) is 10.6. The van der Waals surface area contributed by atoms with Crippen molar-refractivity contribution < 1.29 is 53.6 Å². The van der Waals surface area contributed by atoms with Gasteiger partial charge in [-0.3, -0.25) is 0 Å². The van der Waals surface area contributed by atoms with Gasteiger partial charge in [0.2, 0.25) is 6.29 Å². The summed E-state index contributed by atoms with van der Waals surface area (Å²) in [5.41, 5.74) is 0.247. The highest BCUT2D eigenvalue weighted by Gasteiger charge is 2.48. The first kappa shape index (κ1) is 25.1. The third-order valence-corrected chi connectivity index (χ3v) is 5.98. The first-order valence-electron chi connectivity index (χ1n) is 10.6. The molecule has 0 aliphatic carbocycles. The van der Waals surface area contributed by atoms with Crippen LogP contribution in [0, 0.1) is 11.8 Å². The molecule has 0 radical (unpaired) electrons. The van der Waals surface area contributed by atoms with E-state index in [9.17, 15) is 25.2 Å². The van der Waals surface area contributed by atoms with Crippen molar-refractivity contribution >= 4 is 5.97 Å². The Balaban J connectivity index is 1.80. The van der Waals surface area contributed by atoms with E-state index in [-0.39, 0.29) is 11.7 Å². The van der Waals surface area contributed by atoms with E-state index in [0.29, 0.717) is 13.0 Å². The molecule has 0 amide bonds. The van der Waals surface area contributed by atoms with Crippen LogP contribution in [0.15, 0.2) is 24.5 Å². The van der Waals surface area contributed by atoms with Crippen molar-refractivity contribution in [3.63, 3.8) is 0 Å². The number of hydrogen-bond acceptors (Lipinski definition) is 11. The molecule has 11 nitrogen and oxygen atoms in total. The number of ether oxygens (including phenoxy) is 6. The number of hydrogen-bond donors (Lipinski definition) is 4. The fourth-order valence-electron chi connectivity index (χ4n) is 4.09. The minimum absolute atomic E-state index is 0.00231. The minimum atomic E-state index is -1.60. The van der Waals surface area contributed by atoms with Gasteiger partial charge in [0.15, 0.2) is 12.6 Å². The van der Waals surface area contributed by atoms with Crippen molar-refractivity contribution in [1.29, 1.82) is 0 Å². The highest BCUT2D eigenvalue weighted by Crippen LogP contribution is 2.38. The maximum atomic E-state index is 12.4. The van der Waals surface area contributed by atoms with Crippen molar-refractivity contribution in [3.8, 4) is 0 Å². The molecule has 4 N–H and O–H groups in total. The number of carbonyl (C=O) groups excluding carboxylic acids is 1. The zero-order chi connectivity index (χ0) is 23.4. The van der Waals surface area contributed by atoms with Crippen LogP contribution in [-0.4, -0.2) is 96.1 Å². The number of carbonyl (C=O) groups is 1. The van der Waals surface area contributed by atoms with Crippen LogP contribution in [0.4, 0.5) is 0 Å². The zero-order valence-electron chi connectivity index (χ0n) is 18.1. The van der Waals surface area contributed by atoms with Crippen LogP contribution in [-0.2, 0) is 33.2 Å². The normalized spacial score (nSPS) is 42.5. The van der Waals surface area contributed by atoms with E-state index in [1.807, 2.05) is 6.92 Å². The molecule has 0 bridgehead atoms. The third kappa shape index (κ3) is 5.32. The van der Waals surface area contributed by atoms with Crippen LogP contribution in [0.5, 0.6) is 0 Å². The monoisotopic (exact) mass is 460 g/mol. The van der Waals surface area contributed by atoms with Gasteiger partial charge in [-0.1, -0.05) is 6.08 Å². The Morgan fingerprint density at radius 2 is 1.97 bits per heavy atom. The summed E-state index contributed by atoms with van der Waals surface area (Å²) in [4.78, 5) is 12.4. The minimum Gasteiger partial charge on any atom is -0.471 e. The highest BCUT2D eigenvalue weighted by atomic mass is 16.8. The molecule has 2 fully saturated rings. The number of esters is 1. The van der Waals surface area contributed by atoms with E-state index in [1.54, 1.807) is 6.08 Å². The summed E-state index contributed by atoms with van der Waals surface area (Å²) >= 11 is 0. The standard InChI is InChI=1S/C21H32O11/c1-4-11-12(7-15-28-6-5-10(2)30-15)13(19(26)27-3)9-29-20(11)32-21-18(25)17(24)16(23)14(8-22)31-21/h4,9-12,14-18,20-25H,1,5-8H2,2-3H3/t10-,11+,12-,14-,15+,16-,17+,18-,20-,21+/m0/s1. The molecule has 2 saturated heterocycles. The molecule has 3 aliphatic rings. The molecule has 11 heteroatoms. The Morgan fingerprint density at radius 1 is 1.22 bits per heavy atom. The lowest BCUT2D eigenvalue weighted by molar-refractivity contribution is -0.340. The van der Waals surface area contributed by atoms with E-state index in [4.69, 9.17) is 28.4 Å². The van der Waals surface area contributed by atoms with Gasteiger partial charge >= 0.3 is 5.97 Å². The molecule has 0 saturated carbocycles. The Labute approximate surface area is 186 Å². The van der Waals surface area contributed by atoms with Gasteiger partial charge in [-0.05, 0) is 13.3 Å². The van der Waals surface area contributed by atoms with E-state index in [2.05, 4.69) is 6.58 Å². The number of rotatable bonds is 7. The molecule has 0 aromatic rings. The second kappa shape index (κ2) is 11.0. The summed E-state index contributed by atoms with van der Waals surface area (Å²) in [6, 6.07) is 0. The summed E-state index contributed by atoms with van der Waals surface area (Å²) in [5.74, 6) is -1.71. The maximum Gasteiger partial charge on any atom is 0.337 e. The van der Waals surface area contributed by atoms with Gasteiger partial charge in [0.1, 0.15) is 24.4 Å². The quantitative estimate of drug-likeness (QED) is 0.278. The van der Waals surface area contributed by atoms with Crippen LogP contribution in [0.25, 0.3) is 0 Å². The molecule has 10 atom stereocenters. The molecule has 0 aromatic heterocycles. The van der Waals surface area contributed by atoms with Crippen LogP contribution >= 0.6 is 0 Å². The number of methoxy groups -OCH3 is 1. The Hall–Kier alpha value is -1.57. The fraction of sp³-hybridized carbons (Fsp3) is 0.762. The second-order valence-electron chi connectivity index (χ2n) is 8.09. The predicted octanol–water partition coefficient (Wildman–Crippen LogP) is -0.824.